The number of fused-ring (bicyclic) bond motifs is 12. The minimum absolute atomic E-state index is 0.937. The smallest absolute Gasteiger partial charge is 0.143 e. The number of furan rings is 1. The highest BCUT2D eigenvalue weighted by Crippen LogP contribution is 2.47. The number of thiophene rings is 1. The lowest BCUT2D eigenvalue weighted by atomic mass is 9.84. The van der Waals surface area contributed by atoms with E-state index in [1.165, 1.54) is 96.3 Å². The van der Waals surface area contributed by atoms with Crippen molar-refractivity contribution in [2.24, 2.45) is 0 Å². The Morgan fingerprint density at radius 3 is 1.69 bits per heavy atom. The van der Waals surface area contributed by atoms with Crippen molar-refractivity contribution in [1.29, 1.82) is 0 Å². The van der Waals surface area contributed by atoms with Crippen LogP contribution in [0.25, 0.3) is 107 Å². The highest BCUT2D eigenvalue weighted by atomic mass is 32.1. The minimum Gasteiger partial charge on any atom is -0.455 e. The van der Waals surface area contributed by atoms with Gasteiger partial charge in [-0.05, 0) is 84.9 Å². The standard InChI is InChI=1S/C46H26OS/c1-2-12-29-27(10-1)11-9-18-31(29)44-34-16-5-3-14-32(34)43(33-15-4-6-17-35(33)44)28-20-25-42-40(26-28)39-24-22-37-38(46(39)48-42)23-21-36-30-13-7-8-19-41(30)47-45(36)37/h1-26H. The molecule has 1 nitrogen and oxygen atoms in total. The zero-order valence-electron chi connectivity index (χ0n) is 25.8. The van der Waals surface area contributed by atoms with E-state index in [1.807, 2.05) is 17.4 Å². The van der Waals surface area contributed by atoms with E-state index in [1.54, 1.807) is 0 Å². The maximum absolute atomic E-state index is 6.42. The van der Waals surface area contributed by atoms with Gasteiger partial charge in [-0.25, -0.2) is 0 Å². The molecule has 0 amide bonds. The highest BCUT2D eigenvalue weighted by molar-refractivity contribution is 7.26. The molecule has 48 heavy (non-hydrogen) atoms. The van der Waals surface area contributed by atoms with Gasteiger partial charge in [0, 0.05) is 41.7 Å². The third-order valence-electron chi connectivity index (χ3n) is 10.3. The van der Waals surface area contributed by atoms with Crippen molar-refractivity contribution in [2.45, 2.75) is 0 Å². The van der Waals surface area contributed by atoms with E-state index < -0.39 is 0 Å². The van der Waals surface area contributed by atoms with Crippen LogP contribution in [0.4, 0.5) is 0 Å². The van der Waals surface area contributed by atoms with Crippen LogP contribution in [0, 0.1) is 0 Å². The summed E-state index contributed by atoms with van der Waals surface area (Å²) in [6.45, 7) is 0. The summed E-state index contributed by atoms with van der Waals surface area (Å²) in [6, 6.07) is 57.8. The normalized spacial score (nSPS) is 12.2. The summed E-state index contributed by atoms with van der Waals surface area (Å²) in [7, 11) is 0. The van der Waals surface area contributed by atoms with Gasteiger partial charge in [0.1, 0.15) is 11.2 Å². The molecule has 0 aliphatic rings. The fourth-order valence-electron chi connectivity index (χ4n) is 8.15. The summed E-state index contributed by atoms with van der Waals surface area (Å²) >= 11 is 1.88. The Morgan fingerprint density at radius 2 is 0.938 bits per heavy atom. The monoisotopic (exact) mass is 626 g/mol. The molecule has 0 saturated heterocycles. The molecule has 0 unspecified atom stereocenters. The molecular weight excluding hydrogens is 601 g/mol. The van der Waals surface area contributed by atoms with E-state index in [2.05, 4.69) is 152 Å². The molecule has 0 fully saturated rings. The van der Waals surface area contributed by atoms with Gasteiger partial charge in [-0.15, -0.1) is 11.3 Å². The van der Waals surface area contributed by atoms with Crippen molar-refractivity contribution >= 4 is 96.5 Å². The first kappa shape index (κ1) is 26.1. The molecule has 0 N–H and O–H groups in total. The van der Waals surface area contributed by atoms with Crippen molar-refractivity contribution < 1.29 is 4.42 Å². The average molecular weight is 627 g/mol. The second-order valence-electron chi connectivity index (χ2n) is 12.8. The van der Waals surface area contributed by atoms with E-state index in [9.17, 15) is 0 Å². The predicted octanol–water partition coefficient (Wildman–Crippen LogP) is 13.9. The van der Waals surface area contributed by atoms with Crippen LogP contribution in [0.5, 0.6) is 0 Å². The van der Waals surface area contributed by atoms with E-state index in [-0.39, 0.29) is 0 Å². The van der Waals surface area contributed by atoms with Crippen LogP contribution in [0.3, 0.4) is 0 Å². The molecule has 0 radical (unpaired) electrons. The maximum atomic E-state index is 6.42. The number of hydrogen-bond donors (Lipinski definition) is 0. The SMILES string of the molecule is c1ccc2c(-c3c4ccccc4c(-c4ccc5sc6c(ccc7c6ccc6c8ccccc8oc67)c5c4)c4ccccc34)cccc2c1. The molecule has 0 saturated carbocycles. The van der Waals surface area contributed by atoms with E-state index in [0.29, 0.717) is 0 Å². The predicted molar refractivity (Wildman–Crippen MR) is 208 cm³/mol. The minimum atomic E-state index is 0.937. The second-order valence-corrected chi connectivity index (χ2v) is 13.8. The molecule has 9 aromatic carbocycles. The van der Waals surface area contributed by atoms with Gasteiger partial charge in [-0.3, -0.25) is 0 Å². The summed E-state index contributed by atoms with van der Waals surface area (Å²) in [4.78, 5) is 0. The van der Waals surface area contributed by atoms with Gasteiger partial charge in [0.2, 0.25) is 0 Å². The van der Waals surface area contributed by atoms with Gasteiger partial charge < -0.3 is 4.42 Å². The fourth-order valence-corrected chi connectivity index (χ4v) is 9.36. The molecule has 222 valence electrons. The summed E-state index contributed by atoms with van der Waals surface area (Å²) in [5.41, 5.74) is 7.01. The molecule has 0 aliphatic heterocycles. The molecule has 11 aromatic rings. The van der Waals surface area contributed by atoms with Crippen molar-refractivity contribution in [2.75, 3.05) is 0 Å². The third-order valence-corrected chi connectivity index (χ3v) is 11.5. The number of hydrogen-bond acceptors (Lipinski definition) is 2. The van der Waals surface area contributed by atoms with Crippen molar-refractivity contribution in [3.05, 3.63) is 158 Å². The summed E-state index contributed by atoms with van der Waals surface area (Å²) < 4.78 is 9.02. The molecular formula is C46H26OS. The van der Waals surface area contributed by atoms with Crippen molar-refractivity contribution in [3.8, 4) is 22.3 Å². The van der Waals surface area contributed by atoms with Crippen LogP contribution in [0.15, 0.2) is 162 Å². The second kappa shape index (κ2) is 9.78. The summed E-state index contributed by atoms with van der Waals surface area (Å²) in [5, 5.41) is 15.0. The lowest BCUT2D eigenvalue weighted by Gasteiger charge is -2.19. The first-order valence-electron chi connectivity index (χ1n) is 16.4. The van der Waals surface area contributed by atoms with Crippen LogP contribution in [-0.2, 0) is 0 Å². The first-order valence-corrected chi connectivity index (χ1v) is 17.2. The van der Waals surface area contributed by atoms with Gasteiger partial charge in [0.15, 0.2) is 0 Å². The summed E-state index contributed by atoms with van der Waals surface area (Å²) in [6.07, 6.45) is 0. The Hall–Kier alpha value is -5.96. The molecule has 2 heteroatoms. The van der Waals surface area contributed by atoms with Crippen molar-refractivity contribution in [1.82, 2.24) is 0 Å². The highest BCUT2D eigenvalue weighted by Gasteiger charge is 2.19. The van der Waals surface area contributed by atoms with E-state index in [4.69, 9.17) is 4.42 Å². The van der Waals surface area contributed by atoms with Crippen LogP contribution < -0.4 is 0 Å². The molecule has 11 rings (SSSR count). The van der Waals surface area contributed by atoms with Crippen LogP contribution in [0.1, 0.15) is 0 Å². The number of para-hydroxylation sites is 1. The van der Waals surface area contributed by atoms with Gasteiger partial charge >= 0.3 is 0 Å². The largest absolute Gasteiger partial charge is 0.455 e. The van der Waals surface area contributed by atoms with Gasteiger partial charge in [-0.1, -0.05) is 127 Å². The zero-order valence-corrected chi connectivity index (χ0v) is 26.6. The number of rotatable bonds is 2. The van der Waals surface area contributed by atoms with Crippen LogP contribution >= 0.6 is 11.3 Å². The summed E-state index contributed by atoms with van der Waals surface area (Å²) in [5.74, 6) is 0. The lowest BCUT2D eigenvalue weighted by molar-refractivity contribution is 0.672. The average Bonchev–Trinajstić information content (AvgIpc) is 3.72. The first-order chi connectivity index (χ1) is 23.8. The topological polar surface area (TPSA) is 13.1 Å². The fraction of sp³-hybridized carbons (Fsp3) is 0. The molecule has 2 aromatic heterocycles. The Bertz CT molecular complexity index is 3060. The maximum Gasteiger partial charge on any atom is 0.143 e. The van der Waals surface area contributed by atoms with Crippen LogP contribution in [0.2, 0.25) is 0 Å². The molecule has 0 spiro atoms. The Labute approximate surface area is 279 Å². The molecule has 0 aliphatic carbocycles. The zero-order chi connectivity index (χ0) is 31.3. The molecule has 0 bridgehead atoms. The Balaban J connectivity index is 1.19. The van der Waals surface area contributed by atoms with E-state index >= 15 is 0 Å². The quantitative estimate of drug-likeness (QED) is 0.174. The lowest BCUT2D eigenvalue weighted by Crippen LogP contribution is -1.91. The number of benzene rings is 9. The Morgan fingerprint density at radius 1 is 0.375 bits per heavy atom. The van der Waals surface area contributed by atoms with E-state index in [0.717, 1.165) is 11.2 Å². The Kier molecular flexibility index (Phi) is 5.32. The molecule has 2 heterocycles. The van der Waals surface area contributed by atoms with Crippen molar-refractivity contribution in [3.63, 3.8) is 0 Å². The van der Waals surface area contributed by atoms with Gasteiger partial charge in [0.05, 0.1) is 0 Å². The van der Waals surface area contributed by atoms with Crippen LogP contribution in [-0.4, -0.2) is 0 Å². The van der Waals surface area contributed by atoms with Gasteiger partial charge in [0.25, 0.3) is 0 Å². The molecule has 0 atom stereocenters. The van der Waals surface area contributed by atoms with Gasteiger partial charge in [-0.2, -0.15) is 0 Å². The third kappa shape index (κ3) is 3.55.